The third-order valence-electron chi connectivity index (χ3n) is 8.47. The van der Waals surface area contributed by atoms with Gasteiger partial charge in [0.1, 0.15) is 11.7 Å². The summed E-state index contributed by atoms with van der Waals surface area (Å²) in [4.78, 5) is 5.36. The highest BCUT2D eigenvalue weighted by molar-refractivity contribution is 6.13. The molecule has 2 heterocycles. The lowest BCUT2D eigenvalue weighted by atomic mass is 9.59. The van der Waals surface area contributed by atoms with E-state index >= 15 is 0 Å². The quantitative estimate of drug-likeness (QED) is 0.559. The molecular formula is C28H39NO2. The zero-order valence-electron chi connectivity index (χ0n) is 20.6. The summed E-state index contributed by atoms with van der Waals surface area (Å²) >= 11 is 0. The van der Waals surface area contributed by atoms with Crippen LogP contribution in [0.25, 0.3) is 0 Å². The summed E-state index contributed by atoms with van der Waals surface area (Å²) in [6.45, 7) is 18.1. The molecule has 0 unspecified atom stereocenters. The number of aliphatic imine (C=N–C) groups is 1. The monoisotopic (exact) mass is 421 g/mol. The van der Waals surface area contributed by atoms with E-state index in [0.717, 1.165) is 12.1 Å². The molecule has 0 radical (unpaired) electrons. The Morgan fingerprint density at radius 3 is 2.35 bits per heavy atom. The summed E-state index contributed by atoms with van der Waals surface area (Å²) in [5, 5.41) is 11.3. The minimum atomic E-state index is -0.609. The molecule has 1 aromatic carbocycles. The third kappa shape index (κ3) is 2.82. The predicted molar refractivity (Wildman–Crippen MR) is 127 cm³/mol. The summed E-state index contributed by atoms with van der Waals surface area (Å²) in [6, 6.07) is 4.66. The number of benzene rings is 1. The van der Waals surface area contributed by atoms with Gasteiger partial charge in [0.25, 0.3) is 0 Å². The lowest BCUT2D eigenvalue weighted by molar-refractivity contribution is 0.0357. The molecule has 5 rings (SSSR count). The van der Waals surface area contributed by atoms with Gasteiger partial charge in [-0.25, -0.2) is 0 Å². The Kier molecular flexibility index (Phi) is 4.36. The standard InChI is InChI=1S/C28H39NO2/c1-25(2,3)21-18(15-20(30)28(24(21)31-28)26(4,5)6)23-27(7,8)19-14-13-16-11-9-10-12-17(16)22(19)29-23/h13-15,20-21,24,30H,9-12H2,1-8H3/t20-,21-,24+,28-/m1/s1. The van der Waals surface area contributed by atoms with Crippen LogP contribution in [0.15, 0.2) is 28.8 Å². The van der Waals surface area contributed by atoms with Gasteiger partial charge >= 0.3 is 0 Å². The molecular weight excluding hydrogens is 382 g/mol. The van der Waals surface area contributed by atoms with Crippen molar-refractivity contribution in [2.75, 3.05) is 0 Å². The van der Waals surface area contributed by atoms with Gasteiger partial charge in [0.15, 0.2) is 0 Å². The van der Waals surface area contributed by atoms with Gasteiger partial charge in [-0.3, -0.25) is 4.99 Å². The Morgan fingerprint density at radius 2 is 1.71 bits per heavy atom. The fourth-order valence-corrected chi connectivity index (χ4v) is 6.73. The molecule has 2 aliphatic heterocycles. The van der Waals surface area contributed by atoms with Crippen LogP contribution in [0, 0.1) is 16.7 Å². The summed E-state index contributed by atoms with van der Waals surface area (Å²) in [7, 11) is 0. The van der Waals surface area contributed by atoms with Crippen molar-refractivity contribution in [2.24, 2.45) is 21.7 Å². The van der Waals surface area contributed by atoms with Crippen LogP contribution in [-0.2, 0) is 23.0 Å². The van der Waals surface area contributed by atoms with E-state index in [-0.39, 0.29) is 28.3 Å². The van der Waals surface area contributed by atoms with Crippen molar-refractivity contribution in [1.29, 1.82) is 0 Å². The lowest BCUT2D eigenvalue weighted by Crippen LogP contribution is -2.51. The first-order valence-electron chi connectivity index (χ1n) is 12.1. The largest absolute Gasteiger partial charge is 0.386 e. The first kappa shape index (κ1) is 21.4. The molecule has 4 aliphatic rings. The van der Waals surface area contributed by atoms with Gasteiger partial charge in [-0.1, -0.05) is 67.5 Å². The molecule has 1 aromatic rings. The van der Waals surface area contributed by atoms with Crippen LogP contribution < -0.4 is 0 Å². The van der Waals surface area contributed by atoms with Crippen molar-refractivity contribution in [2.45, 2.75) is 104 Å². The van der Waals surface area contributed by atoms with E-state index in [1.807, 2.05) is 0 Å². The zero-order chi connectivity index (χ0) is 22.6. The molecule has 4 atom stereocenters. The zero-order valence-corrected chi connectivity index (χ0v) is 20.6. The molecule has 0 saturated carbocycles. The first-order valence-corrected chi connectivity index (χ1v) is 12.1. The van der Waals surface area contributed by atoms with Gasteiger partial charge in [0, 0.05) is 11.3 Å². The highest BCUT2D eigenvalue weighted by Crippen LogP contribution is 2.63. The van der Waals surface area contributed by atoms with Crippen LogP contribution in [0.1, 0.15) is 84.9 Å². The second-order valence-corrected chi connectivity index (χ2v) is 12.9. The SMILES string of the molecule is CC1(C)C(C2=C[C@@H](O)[C@@]3(C(C)(C)C)O[C@H]3[C@@H]2C(C)(C)C)=Nc2c1ccc1c2CCCC1. The topological polar surface area (TPSA) is 45.1 Å². The highest BCUT2D eigenvalue weighted by atomic mass is 16.6. The lowest BCUT2D eigenvalue weighted by Gasteiger charge is -2.42. The fourth-order valence-electron chi connectivity index (χ4n) is 6.73. The van der Waals surface area contributed by atoms with Gasteiger partial charge in [0.2, 0.25) is 0 Å². The van der Waals surface area contributed by atoms with Crippen LogP contribution in [-0.4, -0.2) is 28.6 Å². The average molecular weight is 422 g/mol. The van der Waals surface area contributed by atoms with Gasteiger partial charge in [0.05, 0.1) is 17.5 Å². The third-order valence-corrected chi connectivity index (χ3v) is 8.47. The number of aliphatic hydroxyl groups is 1. The van der Waals surface area contributed by atoms with Crippen molar-refractivity contribution in [3.63, 3.8) is 0 Å². The minimum Gasteiger partial charge on any atom is -0.386 e. The molecule has 1 N–H and O–H groups in total. The number of fused-ring (bicyclic) bond motifs is 4. The highest BCUT2D eigenvalue weighted by Gasteiger charge is 2.73. The summed E-state index contributed by atoms with van der Waals surface area (Å²) in [5.41, 5.74) is 7.05. The van der Waals surface area contributed by atoms with E-state index in [0.29, 0.717) is 0 Å². The smallest absolute Gasteiger partial charge is 0.129 e. The van der Waals surface area contributed by atoms with E-state index in [4.69, 9.17) is 9.73 Å². The van der Waals surface area contributed by atoms with E-state index in [1.165, 1.54) is 47.2 Å². The maximum atomic E-state index is 11.3. The second-order valence-electron chi connectivity index (χ2n) is 12.9. The number of aliphatic hydroxyl groups excluding tert-OH is 1. The molecule has 1 fully saturated rings. The normalized spacial score (nSPS) is 33.8. The minimum absolute atomic E-state index is 0.0104. The van der Waals surface area contributed by atoms with Crippen LogP contribution in [0.3, 0.4) is 0 Å². The maximum Gasteiger partial charge on any atom is 0.129 e. The number of hydrogen-bond donors (Lipinski definition) is 1. The summed E-state index contributed by atoms with van der Waals surface area (Å²) in [6.07, 6.45) is 6.36. The maximum absolute atomic E-state index is 11.3. The van der Waals surface area contributed by atoms with Gasteiger partial charge in [-0.15, -0.1) is 0 Å². The Bertz CT molecular complexity index is 1000. The van der Waals surface area contributed by atoms with Crippen LogP contribution >= 0.6 is 0 Å². The molecule has 3 nitrogen and oxygen atoms in total. The number of nitrogens with zero attached hydrogens (tertiary/aromatic N) is 1. The van der Waals surface area contributed by atoms with Crippen molar-refractivity contribution < 1.29 is 9.84 Å². The van der Waals surface area contributed by atoms with E-state index in [1.54, 1.807) is 0 Å². The van der Waals surface area contributed by atoms with Crippen LogP contribution in [0.5, 0.6) is 0 Å². The Balaban J connectivity index is 1.66. The Hall–Kier alpha value is -1.45. The molecule has 0 aromatic heterocycles. The van der Waals surface area contributed by atoms with Crippen molar-refractivity contribution in [1.82, 2.24) is 0 Å². The van der Waals surface area contributed by atoms with Crippen LogP contribution in [0.4, 0.5) is 5.69 Å². The number of rotatable bonds is 1. The average Bonchev–Trinajstić information content (AvgIpc) is 3.35. The molecule has 0 spiro atoms. The second kappa shape index (κ2) is 6.32. The van der Waals surface area contributed by atoms with Crippen molar-refractivity contribution in [3.8, 4) is 0 Å². The first-order chi connectivity index (χ1) is 14.3. The Morgan fingerprint density at radius 1 is 1.03 bits per heavy atom. The fraction of sp³-hybridized carbons (Fsp3) is 0.679. The molecule has 2 aliphatic carbocycles. The van der Waals surface area contributed by atoms with Gasteiger partial charge in [-0.2, -0.15) is 0 Å². The molecule has 3 heteroatoms. The number of aryl methyl sites for hydroxylation is 1. The molecule has 1 saturated heterocycles. The number of hydrogen-bond acceptors (Lipinski definition) is 3. The predicted octanol–water partition coefficient (Wildman–Crippen LogP) is 6.08. The molecule has 31 heavy (non-hydrogen) atoms. The van der Waals surface area contributed by atoms with Crippen LogP contribution in [0.2, 0.25) is 0 Å². The summed E-state index contributed by atoms with van der Waals surface area (Å²) < 4.78 is 6.45. The van der Waals surface area contributed by atoms with Crippen molar-refractivity contribution in [3.05, 3.63) is 40.5 Å². The van der Waals surface area contributed by atoms with Gasteiger partial charge < -0.3 is 9.84 Å². The van der Waals surface area contributed by atoms with Gasteiger partial charge in [-0.05, 0) is 64.9 Å². The molecule has 168 valence electrons. The molecule has 0 bridgehead atoms. The number of ether oxygens (including phenoxy) is 1. The van der Waals surface area contributed by atoms with E-state index in [9.17, 15) is 5.11 Å². The Labute approximate surface area is 188 Å². The summed E-state index contributed by atoms with van der Waals surface area (Å²) in [5.74, 6) is 0.207. The van der Waals surface area contributed by atoms with E-state index < -0.39 is 11.7 Å². The number of epoxide rings is 1. The molecule has 0 amide bonds. The van der Waals surface area contributed by atoms with E-state index in [2.05, 4.69) is 73.6 Å². The van der Waals surface area contributed by atoms with Crippen molar-refractivity contribution >= 4 is 11.4 Å².